The van der Waals surface area contributed by atoms with E-state index in [0.29, 0.717) is 12.3 Å². The molecule has 1 aromatic heterocycles. The highest BCUT2D eigenvalue weighted by Crippen LogP contribution is 2.17. The lowest BCUT2D eigenvalue weighted by Crippen LogP contribution is -2.05. The number of hydrogen-bond acceptors (Lipinski definition) is 3. The van der Waals surface area contributed by atoms with Crippen LogP contribution in [0, 0.1) is 5.92 Å². The van der Waals surface area contributed by atoms with Crippen LogP contribution in [0.25, 0.3) is 0 Å². The summed E-state index contributed by atoms with van der Waals surface area (Å²) in [7, 11) is 0. The summed E-state index contributed by atoms with van der Waals surface area (Å²) in [6.45, 7) is 4.98. The van der Waals surface area contributed by atoms with Crippen molar-refractivity contribution in [2.75, 3.05) is 6.61 Å². The fourth-order valence-electron chi connectivity index (χ4n) is 1.87. The Hall–Kier alpha value is -1.61. The smallest absolute Gasteiger partial charge is 0.173 e. The monoisotopic (exact) mass is 288 g/mol. The predicted molar refractivity (Wildman–Crippen MR) is 83.7 cm³/mol. The van der Waals surface area contributed by atoms with Gasteiger partial charge in [-0.2, -0.15) is 0 Å². The zero-order valence-corrected chi connectivity index (χ0v) is 12.8. The highest BCUT2D eigenvalue weighted by molar-refractivity contribution is 7.12. The molecule has 0 radical (unpaired) electrons. The molecule has 0 N–H and O–H groups in total. The lowest BCUT2D eigenvalue weighted by molar-refractivity contribution is 0.0986. The maximum absolute atomic E-state index is 12.0. The van der Waals surface area contributed by atoms with Crippen molar-refractivity contribution < 1.29 is 9.53 Å². The highest BCUT2D eigenvalue weighted by atomic mass is 32.1. The molecule has 0 aliphatic heterocycles. The van der Waals surface area contributed by atoms with Gasteiger partial charge >= 0.3 is 0 Å². The number of Topliss-reactive ketones (excluding diaryl/α,β-unsaturated/α-hetero) is 1. The number of benzene rings is 1. The molecular weight excluding hydrogens is 268 g/mol. The number of carbonyl (C=O) groups is 1. The molecule has 20 heavy (non-hydrogen) atoms. The number of carbonyl (C=O) groups excluding carboxylic acids is 1. The molecule has 0 spiro atoms. The van der Waals surface area contributed by atoms with Crippen molar-refractivity contribution >= 4 is 17.1 Å². The molecule has 1 aromatic carbocycles. The SMILES string of the molecule is CC(C)COc1cccc(CCC(=O)c2cccs2)c1. The molecule has 106 valence electrons. The molecule has 1 heterocycles. The Morgan fingerprint density at radius 2 is 2.10 bits per heavy atom. The minimum atomic E-state index is 0.216. The van der Waals surface area contributed by atoms with E-state index in [1.54, 1.807) is 0 Å². The Kier molecular flexibility index (Phi) is 5.36. The molecule has 0 saturated heterocycles. The Bertz CT molecular complexity index is 544. The van der Waals surface area contributed by atoms with E-state index < -0.39 is 0 Å². The topological polar surface area (TPSA) is 26.3 Å². The first-order valence-electron chi connectivity index (χ1n) is 6.93. The zero-order chi connectivity index (χ0) is 14.4. The van der Waals surface area contributed by atoms with Crippen LogP contribution < -0.4 is 4.74 Å². The zero-order valence-electron chi connectivity index (χ0n) is 12.0. The Balaban J connectivity index is 1.89. The largest absolute Gasteiger partial charge is 0.493 e. The molecule has 0 unspecified atom stereocenters. The van der Waals surface area contributed by atoms with Crippen molar-refractivity contribution in [3.8, 4) is 5.75 Å². The molecule has 0 fully saturated rings. The van der Waals surface area contributed by atoms with Crippen LogP contribution in [0.2, 0.25) is 0 Å². The molecule has 0 bridgehead atoms. The molecule has 2 aromatic rings. The molecule has 2 rings (SSSR count). The molecular formula is C17H20O2S. The summed E-state index contributed by atoms with van der Waals surface area (Å²) in [5, 5.41) is 1.94. The molecule has 0 atom stereocenters. The number of rotatable bonds is 7. The van der Waals surface area contributed by atoms with Gasteiger partial charge in [0.1, 0.15) is 5.75 Å². The summed E-state index contributed by atoms with van der Waals surface area (Å²) in [6, 6.07) is 11.8. The van der Waals surface area contributed by atoms with Gasteiger partial charge in [0.15, 0.2) is 5.78 Å². The van der Waals surface area contributed by atoms with Crippen LogP contribution in [0.4, 0.5) is 0 Å². The van der Waals surface area contributed by atoms with Gasteiger partial charge < -0.3 is 4.74 Å². The first-order chi connectivity index (χ1) is 9.65. The van der Waals surface area contributed by atoms with Crippen LogP contribution >= 0.6 is 11.3 Å². The van der Waals surface area contributed by atoms with E-state index >= 15 is 0 Å². The summed E-state index contributed by atoms with van der Waals surface area (Å²) in [5.41, 5.74) is 1.15. The van der Waals surface area contributed by atoms with Gasteiger partial charge in [0.2, 0.25) is 0 Å². The standard InChI is InChI=1S/C17H20O2S/c1-13(2)12-19-15-6-3-5-14(11-15)8-9-16(18)17-7-4-10-20-17/h3-7,10-11,13H,8-9,12H2,1-2H3. The average Bonchev–Trinajstić information content (AvgIpc) is 2.97. The lowest BCUT2D eigenvalue weighted by Gasteiger charge is -2.09. The second kappa shape index (κ2) is 7.25. The van der Waals surface area contributed by atoms with E-state index in [2.05, 4.69) is 13.8 Å². The molecule has 0 saturated carbocycles. The van der Waals surface area contributed by atoms with E-state index in [1.807, 2.05) is 41.8 Å². The normalized spacial score (nSPS) is 10.8. The molecule has 0 aliphatic carbocycles. The van der Waals surface area contributed by atoms with Gasteiger partial charge in [-0.25, -0.2) is 0 Å². The van der Waals surface area contributed by atoms with Crippen molar-refractivity contribution in [2.24, 2.45) is 5.92 Å². The number of hydrogen-bond donors (Lipinski definition) is 0. The van der Waals surface area contributed by atoms with Gasteiger partial charge in [0.05, 0.1) is 11.5 Å². The summed E-state index contributed by atoms with van der Waals surface area (Å²) in [6.07, 6.45) is 1.31. The quantitative estimate of drug-likeness (QED) is 0.696. The van der Waals surface area contributed by atoms with Crippen LogP contribution in [0.3, 0.4) is 0 Å². The van der Waals surface area contributed by atoms with Crippen molar-refractivity contribution in [1.82, 2.24) is 0 Å². The summed E-state index contributed by atoms with van der Waals surface area (Å²) < 4.78 is 5.70. The van der Waals surface area contributed by atoms with E-state index in [1.165, 1.54) is 11.3 Å². The Morgan fingerprint density at radius 1 is 1.25 bits per heavy atom. The van der Waals surface area contributed by atoms with Crippen LogP contribution in [-0.2, 0) is 6.42 Å². The van der Waals surface area contributed by atoms with E-state index in [-0.39, 0.29) is 5.78 Å². The van der Waals surface area contributed by atoms with E-state index in [9.17, 15) is 4.79 Å². The third kappa shape index (κ3) is 4.49. The van der Waals surface area contributed by atoms with Crippen molar-refractivity contribution in [3.05, 3.63) is 52.2 Å². The fourth-order valence-corrected chi connectivity index (χ4v) is 2.57. The van der Waals surface area contributed by atoms with Crippen LogP contribution in [0.1, 0.15) is 35.5 Å². The maximum atomic E-state index is 12.0. The van der Waals surface area contributed by atoms with Gasteiger partial charge in [-0.3, -0.25) is 4.79 Å². The predicted octanol–water partition coefficient (Wildman–Crippen LogP) is 4.60. The molecule has 2 nitrogen and oxygen atoms in total. The summed E-state index contributed by atoms with van der Waals surface area (Å²) in [4.78, 5) is 12.8. The van der Waals surface area contributed by atoms with Crippen molar-refractivity contribution in [2.45, 2.75) is 26.7 Å². The number of ether oxygens (including phenoxy) is 1. The van der Waals surface area contributed by atoms with Crippen LogP contribution in [-0.4, -0.2) is 12.4 Å². The minimum absolute atomic E-state index is 0.216. The maximum Gasteiger partial charge on any atom is 0.173 e. The molecule has 0 aliphatic rings. The Morgan fingerprint density at radius 3 is 2.80 bits per heavy atom. The number of ketones is 1. The van der Waals surface area contributed by atoms with Gasteiger partial charge in [-0.1, -0.05) is 32.0 Å². The van der Waals surface area contributed by atoms with Gasteiger partial charge in [-0.15, -0.1) is 11.3 Å². The summed E-state index contributed by atoms with van der Waals surface area (Å²) in [5.74, 6) is 1.62. The first-order valence-corrected chi connectivity index (χ1v) is 7.81. The van der Waals surface area contributed by atoms with Crippen molar-refractivity contribution in [3.63, 3.8) is 0 Å². The van der Waals surface area contributed by atoms with Gasteiger partial charge in [0.25, 0.3) is 0 Å². The first kappa shape index (κ1) is 14.8. The van der Waals surface area contributed by atoms with Crippen molar-refractivity contribution in [1.29, 1.82) is 0 Å². The molecule has 0 amide bonds. The lowest BCUT2D eigenvalue weighted by atomic mass is 10.1. The third-order valence-electron chi connectivity index (χ3n) is 2.92. The highest BCUT2D eigenvalue weighted by Gasteiger charge is 2.07. The molecule has 3 heteroatoms. The second-order valence-corrected chi connectivity index (χ2v) is 6.20. The number of aryl methyl sites for hydroxylation is 1. The second-order valence-electron chi connectivity index (χ2n) is 5.25. The third-order valence-corrected chi connectivity index (χ3v) is 3.83. The average molecular weight is 288 g/mol. The van der Waals surface area contributed by atoms with E-state index in [4.69, 9.17) is 4.74 Å². The van der Waals surface area contributed by atoms with Crippen LogP contribution in [0.15, 0.2) is 41.8 Å². The summed E-state index contributed by atoms with van der Waals surface area (Å²) >= 11 is 1.51. The fraction of sp³-hybridized carbons (Fsp3) is 0.353. The van der Waals surface area contributed by atoms with Crippen LogP contribution in [0.5, 0.6) is 5.75 Å². The Labute approximate surface area is 124 Å². The van der Waals surface area contributed by atoms with Gasteiger partial charge in [0, 0.05) is 6.42 Å². The number of thiophene rings is 1. The minimum Gasteiger partial charge on any atom is -0.493 e. The van der Waals surface area contributed by atoms with Gasteiger partial charge in [-0.05, 0) is 41.5 Å². The van der Waals surface area contributed by atoms with E-state index in [0.717, 1.165) is 29.2 Å².